The monoisotopic (exact) mass is 562 g/mol. The van der Waals surface area contributed by atoms with Gasteiger partial charge in [-0.2, -0.15) is 0 Å². The molecule has 0 spiro atoms. The molecule has 0 aliphatic heterocycles. The number of allylic oxidation sites excluding steroid dienone is 2. The first kappa shape index (κ1) is 38.4. The standard InChI is InChI=1S/C36H66O4/c1-3-5-6-7-8-9-10-11-12-13-14-15-16-17-18-19-20-21-22-23-24-25-26-27-28-29-30-31-34(33-35(37)38)36(39)40-32-4-2/h4,17-18,34H,2-3,5-16,19-33H2,1H3,(H,37,38)/b18-17+. The normalized spacial score (nSPS) is 12.1. The molecule has 0 aromatic heterocycles. The van der Waals surface area contributed by atoms with Crippen LogP contribution in [0.4, 0.5) is 0 Å². The Hall–Kier alpha value is -1.58. The molecule has 4 heteroatoms. The Balaban J connectivity index is 3.36. The van der Waals surface area contributed by atoms with E-state index in [4.69, 9.17) is 9.84 Å². The number of aliphatic carboxylic acids is 1. The highest BCUT2D eigenvalue weighted by Crippen LogP contribution is 2.18. The average molecular weight is 563 g/mol. The maximum Gasteiger partial charge on any atom is 0.309 e. The quantitative estimate of drug-likeness (QED) is 0.0503. The van der Waals surface area contributed by atoms with Crippen LogP contribution in [0.1, 0.15) is 180 Å². The van der Waals surface area contributed by atoms with Crippen molar-refractivity contribution in [1.29, 1.82) is 0 Å². The summed E-state index contributed by atoms with van der Waals surface area (Å²) < 4.78 is 5.04. The van der Waals surface area contributed by atoms with Crippen molar-refractivity contribution in [1.82, 2.24) is 0 Å². The van der Waals surface area contributed by atoms with E-state index in [1.807, 2.05) is 0 Å². The van der Waals surface area contributed by atoms with Crippen molar-refractivity contribution >= 4 is 11.9 Å². The minimum Gasteiger partial charge on any atom is -0.481 e. The second-order valence-corrected chi connectivity index (χ2v) is 11.8. The number of esters is 1. The van der Waals surface area contributed by atoms with Gasteiger partial charge in [0, 0.05) is 0 Å². The third kappa shape index (κ3) is 29.4. The van der Waals surface area contributed by atoms with Crippen molar-refractivity contribution < 1.29 is 19.4 Å². The maximum atomic E-state index is 12.0. The fourth-order valence-electron chi connectivity index (χ4n) is 5.36. The number of hydrogen-bond donors (Lipinski definition) is 1. The van der Waals surface area contributed by atoms with Crippen molar-refractivity contribution in [3.05, 3.63) is 24.8 Å². The third-order valence-electron chi connectivity index (χ3n) is 7.91. The molecule has 0 aliphatic carbocycles. The van der Waals surface area contributed by atoms with Crippen LogP contribution >= 0.6 is 0 Å². The number of unbranched alkanes of at least 4 members (excludes halogenated alkanes) is 23. The number of ether oxygens (including phenoxy) is 1. The first-order chi connectivity index (χ1) is 19.6. The fraction of sp³-hybridized carbons (Fsp3) is 0.833. The second-order valence-electron chi connectivity index (χ2n) is 11.8. The predicted molar refractivity (Wildman–Crippen MR) is 172 cm³/mol. The Morgan fingerprint density at radius 1 is 0.625 bits per heavy atom. The molecule has 0 rings (SSSR count). The molecule has 0 bridgehead atoms. The molecule has 0 radical (unpaired) electrons. The summed E-state index contributed by atoms with van der Waals surface area (Å²) in [5, 5.41) is 9.03. The number of rotatable bonds is 32. The summed E-state index contributed by atoms with van der Waals surface area (Å²) >= 11 is 0. The van der Waals surface area contributed by atoms with Crippen molar-refractivity contribution in [2.24, 2.45) is 5.92 Å². The van der Waals surface area contributed by atoms with Crippen LogP contribution in [0.3, 0.4) is 0 Å². The molecule has 4 nitrogen and oxygen atoms in total. The lowest BCUT2D eigenvalue weighted by atomic mass is 9.97. The molecule has 40 heavy (non-hydrogen) atoms. The van der Waals surface area contributed by atoms with E-state index in [1.54, 1.807) is 0 Å². The molecule has 0 aliphatic rings. The van der Waals surface area contributed by atoms with Crippen molar-refractivity contribution in [2.75, 3.05) is 6.61 Å². The van der Waals surface area contributed by atoms with Crippen molar-refractivity contribution in [3.63, 3.8) is 0 Å². The van der Waals surface area contributed by atoms with Gasteiger partial charge in [-0.3, -0.25) is 9.59 Å². The van der Waals surface area contributed by atoms with Gasteiger partial charge in [0.15, 0.2) is 0 Å². The lowest BCUT2D eigenvalue weighted by Gasteiger charge is -2.13. The molecule has 0 saturated heterocycles. The number of hydrogen-bond acceptors (Lipinski definition) is 3. The van der Waals surface area contributed by atoms with Crippen LogP contribution in [0.5, 0.6) is 0 Å². The van der Waals surface area contributed by atoms with Crippen LogP contribution in [0.15, 0.2) is 24.8 Å². The Morgan fingerprint density at radius 3 is 1.38 bits per heavy atom. The van der Waals surface area contributed by atoms with Gasteiger partial charge in [0.05, 0.1) is 12.3 Å². The summed E-state index contributed by atoms with van der Waals surface area (Å²) in [6, 6.07) is 0. The smallest absolute Gasteiger partial charge is 0.309 e. The summed E-state index contributed by atoms with van der Waals surface area (Å²) in [5.74, 6) is -1.89. The summed E-state index contributed by atoms with van der Waals surface area (Å²) in [6.45, 7) is 5.96. The van der Waals surface area contributed by atoms with Gasteiger partial charge in [-0.05, 0) is 32.1 Å². The SMILES string of the molecule is C=CCOC(=O)C(CCCCCCCCCCCCC/C=C/CCCCCCCCCCCCCC)CC(=O)O. The van der Waals surface area contributed by atoms with Gasteiger partial charge in [-0.1, -0.05) is 167 Å². The van der Waals surface area contributed by atoms with E-state index >= 15 is 0 Å². The molecule has 234 valence electrons. The van der Waals surface area contributed by atoms with E-state index in [9.17, 15) is 9.59 Å². The predicted octanol–water partition coefficient (Wildman–Crippen LogP) is 11.5. The van der Waals surface area contributed by atoms with E-state index in [1.165, 1.54) is 147 Å². The van der Waals surface area contributed by atoms with Crippen LogP contribution in [-0.2, 0) is 14.3 Å². The molecule has 0 saturated carbocycles. The van der Waals surface area contributed by atoms with Gasteiger partial charge in [0.2, 0.25) is 0 Å². The highest BCUT2D eigenvalue weighted by Gasteiger charge is 2.22. The number of carbonyl (C=O) groups is 2. The lowest BCUT2D eigenvalue weighted by molar-refractivity contribution is -0.152. The number of carboxylic acid groups (broad SMARTS) is 1. The van der Waals surface area contributed by atoms with Crippen molar-refractivity contribution in [2.45, 2.75) is 180 Å². The molecule has 0 fully saturated rings. The van der Waals surface area contributed by atoms with Crippen molar-refractivity contribution in [3.8, 4) is 0 Å². The number of carbonyl (C=O) groups excluding carboxylic acids is 1. The molecule has 0 heterocycles. The maximum absolute atomic E-state index is 12.0. The van der Waals surface area contributed by atoms with Gasteiger partial charge >= 0.3 is 11.9 Å². The second kappa shape index (κ2) is 31.9. The van der Waals surface area contributed by atoms with Crippen LogP contribution in [0.2, 0.25) is 0 Å². The molecular formula is C36H66O4. The van der Waals surface area contributed by atoms with Gasteiger partial charge in [0.25, 0.3) is 0 Å². The van der Waals surface area contributed by atoms with E-state index in [0.717, 1.165) is 19.3 Å². The Bertz CT molecular complexity index is 598. The topological polar surface area (TPSA) is 63.6 Å². The van der Waals surface area contributed by atoms with Gasteiger partial charge in [0.1, 0.15) is 6.61 Å². The molecular weight excluding hydrogens is 496 g/mol. The fourth-order valence-corrected chi connectivity index (χ4v) is 5.36. The van der Waals surface area contributed by atoms with Gasteiger partial charge in [-0.25, -0.2) is 0 Å². The first-order valence-corrected chi connectivity index (χ1v) is 17.3. The Kier molecular flexibility index (Phi) is 30.7. The summed E-state index contributed by atoms with van der Waals surface area (Å²) in [7, 11) is 0. The summed E-state index contributed by atoms with van der Waals surface area (Å²) in [4.78, 5) is 23.0. The van der Waals surface area contributed by atoms with E-state index in [2.05, 4.69) is 25.7 Å². The first-order valence-electron chi connectivity index (χ1n) is 17.3. The summed E-state index contributed by atoms with van der Waals surface area (Å²) in [6.07, 6.45) is 40.0. The van der Waals surface area contributed by atoms with Gasteiger partial charge < -0.3 is 9.84 Å². The zero-order valence-corrected chi connectivity index (χ0v) is 26.5. The van der Waals surface area contributed by atoms with Crippen LogP contribution in [-0.4, -0.2) is 23.7 Å². The zero-order valence-electron chi connectivity index (χ0n) is 26.5. The number of carboxylic acids is 1. The van der Waals surface area contributed by atoms with E-state index in [-0.39, 0.29) is 13.0 Å². The van der Waals surface area contributed by atoms with Gasteiger partial charge in [-0.15, -0.1) is 0 Å². The van der Waals surface area contributed by atoms with Crippen LogP contribution < -0.4 is 0 Å². The van der Waals surface area contributed by atoms with Crippen LogP contribution in [0, 0.1) is 5.92 Å². The van der Waals surface area contributed by atoms with E-state index in [0.29, 0.717) is 6.42 Å². The lowest BCUT2D eigenvalue weighted by Crippen LogP contribution is -2.21. The zero-order chi connectivity index (χ0) is 29.4. The molecule has 0 aromatic carbocycles. The molecule has 0 amide bonds. The van der Waals surface area contributed by atoms with E-state index < -0.39 is 17.9 Å². The molecule has 1 unspecified atom stereocenters. The Labute approximate surface area is 248 Å². The Morgan fingerprint density at radius 2 is 1.00 bits per heavy atom. The molecule has 1 atom stereocenters. The van der Waals surface area contributed by atoms with Crippen LogP contribution in [0.25, 0.3) is 0 Å². The largest absolute Gasteiger partial charge is 0.481 e. The third-order valence-corrected chi connectivity index (χ3v) is 7.91. The minimum absolute atomic E-state index is 0.144. The molecule has 0 aromatic rings. The molecule has 1 N–H and O–H groups in total. The summed E-state index contributed by atoms with van der Waals surface area (Å²) in [5.41, 5.74) is 0. The highest BCUT2D eigenvalue weighted by molar-refractivity contribution is 5.79. The minimum atomic E-state index is -0.943. The average Bonchev–Trinajstić information content (AvgIpc) is 2.94. The highest BCUT2D eigenvalue weighted by atomic mass is 16.5.